The molecule has 0 saturated heterocycles. The quantitative estimate of drug-likeness (QED) is 0.290. The molecule has 0 spiro atoms. The average Bonchev–Trinajstić information content (AvgIpc) is 3.31. The van der Waals surface area contributed by atoms with Crippen LogP contribution in [0.2, 0.25) is 0 Å². The van der Waals surface area contributed by atoms with Gasteiger partial charge in [0.05, 0.1) is 39.1 Å². The van der Waals surface area contributed by atoms with E-state index in [2.05, 4.69) is 6.07 Å². The lowest BCUT2D eigenvalue weighted by Crippen LogP contribution is -2.31. The molecule has 2 amide bonds. The van der Waals surface area contributed by atoms with E-state index in [1.54, 1.807) is 18.2 Å². The Kier molecular flexibility index (Phi) is 4.42. The fraction of sp³-hybridized carbons (Fsp3) is 0.100. The highest BCUT2D eigenvalue weighted by Crippen LogP contribution is 2.39. The molecule has 5 aromatic rings. The minimum absolute atomic E-state index is 0.330. The van der Waals surface area contributed by atoms with Crippen molar-refractivity contribution < 1.29 is 9.59 Å². The lowest BCUT2D eigenvalue weighted by molar-refractivity contribution is 0.0925. The summed E-state index contributed by atoms with van der Waals surface area (Å²) in [5.41, 5.74) is 6.90. The minimum Gasteiger partial charge on any atom is -0.307 e. The van der Waals surface area contributed by atoms with E-state index < -0.39 is 0 Å². The number of amides is 2. The number of nitriles is 1. The first-order valence-electron chi connectivity index (χ1n) is 11.4. The topological polar surface area (TPSA) is 66.1 Å². The molecule has 0 aliphatic carbocycles. The summed E-state index contributed by atoms with van der Waals surface area (Å²) in [7, 11) is 0. The molecule has 0 N–H and O–H groups in total. The van der Waals surface area contributed by atoms with Gasteiger partial charge in [0.15, 0.2) is 0 Å². The molecule has 1 aliphatic rings. The Morgan fingerprint density at radius 1 is 0.771 bits per heavy atom. The third-order valence-electron chi connectivity index (χ3n) is 6.81. The summed E-state index contributed by atoms with van der Waals surface area (Å²) in [5.74, 6) is -0.681. The smallest absolute Gasteiger partial charge is 0.268 e. The Labute approximate surface area is 202 Å². The van der Waals surface area contributed by atoms with Crippen LogP contribution in [0.1, 0.15) is 43.0 Å². The number of anilines is 1. The molecular weight excluding hydrogens is 434 g/mol. The van der Waals surface area contributed by atoms with E-state index in [0.717, 1.165) is 38.5 Å². The molecule has 5 heteroatoms. The molecule has 0 atom stereocenters. The van der Waals surface area contributed by atoms with Crippen molar-refractivity contribution in [2.75, 3.05) is 4.90 Å². The number of para-hydroxylation sites is 2. The zero-order valence-corrected chi connectivity index (χ0v) is 19.6. The zero-order valence-electron chi connectivity index (χ0n) is 19.6. The van der Waals surface area contributed by atoms with Crippen LogP contribution in [0, 0.1) is 32.1 Å². The Balaban J connectivity index is 1.68. The van der Waals surface area contributed by atoms with Crippen LogP contribution in [0.15, 0.2) is 72.8 Å². The van der Waals surface area contributed by atoms with Crippen molar-refractivity contribution in [3.8, 4) is 11.8 Å². The maximum Gasteiger partial charge on any atom is 0.268 e. The molecule has 6 rings (SSSR count). The van der Waals surface area contributed by atoms with E-state index in [1.807, 2.05) is 79.9 Å². The number of carbonyl (C=O) groups is 2. The van der Waals surface area contributed by atoms with Gasteiger partial charge in [0.2, 0.25) is 0 Å². The summed E-state index contributed by atoms with van der Waals surface area (Å²) in [6.45, 7) is 5.84. The largest absolute Gasteiger partial charge is 0.307 e. The van der Waals surface area contributed by atoms with Crippen LogP contribution in [0.3, 0.4) is 0 Å². The molecule has 0 bridgehead atoms. The second kappa shape index (κ2) is 7.41. The number of fused-ring (bicyclic) bond motifs is 4. The average molecular weight is 456 g/mol. The highest BCUT2D eigenvalue weighted by molar-refractivity contribution is 6.36. The van der Waals surface area contributed by atoms with Crippen LogP contribution in [-0.4, -0.2) is 16.4 Å². The van der Waals surface area contributed by atoms with Gasteiger partial charge in [-0.25, -0.2) is 4.90 Å². The maximum atomic E-state index is 14.0. The van der Waals surface area contributed by atoms with Gasteiger partial charge in [-0.05, 0) is 56.2 Å². The Hall–Kier alpha value is -4.69. The van der Waals surface area contributed by atoms with Gasteiger partial charge in [-0.15, -0.1) is 0 Å². The van der Waals surface area contributed by atoms with E-state index >= 15 is 0 Å². The molecule has 1 aromatic heterocycles. The summed E-state index contributed by atoms with van der Waals surface area (Å²) < 4.78 is 1.95. The molecule has 0 unspecified atom stereocenters. The number of hydrogen-bond donors (Lipinski definition) is 0. The third kappa shape index (κ3) is 2.80. The molecular formula is C30H21N3O2. The van der Waals surface area contributed by atoms with E-state index in [1.165, 1.54) is 4.90 Å². The van der Waals surface area contributed by atoms with Gasteiger partial charge in [0.1, 0.15) is 6.07 Å². The monoisotopic (exact) mass is 455 g/mol. The van der Waals surface area contributed by atoms with E-state index in [9.17, 15) is 14.9 Å². The first-order valence-corrected chi connectivity index (χ1v) is 11.4. The number of aromatic nitrogens is 1. The first kappa shape index (κ1) is 20.9. The predicted molar refractivity (Wildman–Crippen MR) is 137 cm³/mol. The second-order valence-corrected chi connectivity index (χ2v) is 9.06. The van der Waals surface area contributed by atoms with Crippen molar-refractivity contribution >= 4 is 39.3 Å². The van der Waals surface area contributed by atoms with Crippen LogP contribution >= 0.6 is 0 Å². The Bertz CT molecular complexity index is 1760. The van der Waals surface area contributed by atoms with Gasteiger partial charge in [-0.2, -0.15) is 5.26 Å². The molecule has 1 aliphatic heterocycles. The van der Waals surface area contributed by atoms with E-state index in [0.29, 0.717) is 28.1 Å². The lowest BCUT2D eigenvalue weighted by atomic mass is 10.0. The van der Waals surface area contributed by atoms with Gasteiger partial charge in [-0.3, -0.25) is 9.59 Å². The summed E-state index contributed by atoms with van der Waals surface area (Å²) in [6.07, 6.45) is 0. The minimum atomic E-state index is -0.351. The summed E-state index contributed by atoms with van der Waals surface area (Å²) >= 11 is 0. The van der Waals surface area contributed by atoms with Gasteiger partial charge in [0, 0.05) is 10.8 Å². The summed E-state index contributed by atoms with van der Waals surface area (Å²) in [6, 6.07) is 25.1. The van der Waals surface area contributed by atoms with E-state index in [-0.39, 0.29) is 11.8 Å². The van der Waals surface area contributed by atoms with Crippen LogP contribution in [0.5, 0.6) is 0 Å². The Morgan fingerprint density at radius 2 is 1.46 bits per heavy atom. The maximum absolute atomic E-state index is 14.0. The standard InChI is InChI=1S/C30H21N3O2/c1-17-14-18(2)27(19(3)15-17)33-29(34)23-11-7-13-25(26(23)30(33)35)32-24-12-5-4-9-21(24)22-10-6-8-20(16-31)28(22)32/h4-15H,1-3H3. The predicted octanol–water partition coefficient (Wildman–Crippen LogP) is 6.38. The van der Waals surface area contributed by atoms with Gasteiger partial charge >= 0.3 is 0 Å². The first-order chi connectivity index (χ1) is 16.9. The van der Waals surface area contributed by atoms with Crippen molar-refractivity contribution in [3.63, 3.8) is 0 Å². The van der Waals surface area contributed by atoms with Crippen molar-refractivity contribution in [1.82, 2.24) is 4.57 Å². The number of nitrogens with zero attached hydrogens (tertiary/aromatic N) is 3. The number of benzene rings is 4. The molecule has 0 radical (unpaired) electrons. The molecule has 2 heterocycles. The molecule has 4 aromatic carbocycles. The zero-order chi connectivity index (χ0) is 24.4. The van der Waals surface area contributed by atoms with Crippen LogP contribution in [-0.2, 0) is 0 Å². The fourth-order valence-electron chi connectivity index (χ4n) is 5.54. The number of hydrogen-bond acceptors (Lipinski definition) is 3. The molecule has 35 heavy (non-hydrogen) atoms. The highest BCUT2D eigenvalue weighted by Gasteiger charge is 2.40. The molecule has 168 valence electrons. The third-order valence-corrected chi connectivity index (χ3v) is 6.81. The number of carbonyl (C=O) groups excluding carboxylic acids is 2. The van der Waals surface area contributed by atoms with Crippen molar-refractivity contribution in [2.45, 2.75) is 20.8 Å². The Morgan fingerprint density at radius 3 is 2.20 bits per heavy atom. The fourth-order valence-corrected chi connectivity index (χ4v) is 5.54. The van der Waals surface area contributed by atoms with Crippen molar-refractivity contribution in [3.05, 3.63) is 106 Å². The lowest BCUT2D eigenvalue weighted by Gasteiger charge is -2.20. The van der Waals surface area contributed by atoms with Crippen molar-refractivity contribution in [1.29, 1.82) is 5.26 Å². The SMILES string of the molecule is Cc1cc(C)c(N2C(=O)c3cccc(-n4c5ccccc5c5cccc(C#N)c54)c3C2=O)c(C)c1. The second-order valence-electron chi connectivity index (χ2n) is 9.06. The van der Waals surface area contributed by atoms with Gasteiger partial charge < -0.3 is 4.57 Å². The van der Waals surface area contributed by atoms with Gasteiger partial charge in [-0.1, -0.05) is 54.1 Å². The van der Waals surface area contributed by atoms with E-state index in [4.69, 9.17) is 0 Å². The highest BCUT2D eigenvalue weighted by atomic mass is 16.2. The van der Waals surface area contributed by atoms with Crippen LogP contribution in [0.4, 0.5) is 5.69 Å². The molecule has 5 nitrogen and oxygen atoms in total. The number of rotatable bonds is 2. The van der Waals surface area contributed by atoms with Crippen molar-refractivity contribution in [2.24, 2.45) is 0 Å². The number of aryl methyl sites for hydroxylation is 3. The number of imide groups is 1. The van der Waals surface area contributed by atoms with Gasteiger partial charge in [0.25, 0.3) is 11.8 Å². The normalized spacial score (nSPS) is 13.0. The molecule has 0 saturated carbocycles. The summed E-state index contributed by atoms with van der Waals surface area (Å²) in [4.78, 5) is 28.9. The summed E-state index contributed by atoms with van der Waals surface area (Å²) in [5, 5.41) is 11.8. The van der Waals surface area contributed by atoms with Crippen LogP contribution in [0.25, 0.3) is 27.5 Å². The van der Waals surface area contributed by atoms with Crippen LogP contribution < -0.4 is 4.90 Å². The molecule has 0 fully saturated rings.